The standard InChI is InChI=1S/C12H15N3O2/c13-11(16)10-6-15-4-2-12(10)9-1-3-14-5-8(9)7-17-12/h1,3,5,10,15H,2,4,6-7H2,(H2,13,16). The first-order valence-electron chi connectivity index (χ1n) is 5.81. The van der Waals surface area contributed by atoms with Crippen molar-refractivity contribution in [3.63, 3.8) is 0 Å². The number of hydrogen-bond donors (Lipinski definition) is 2. The van der Waals surface area contributed by atoms with Crippen LogP contribution < -0.4 is 11.1 Å². The highest BCUT2D eigenvalue weighted by Gasteiger charge is 2.50. The van der Waals surface area contributed by atoms with Gasteiger partial charge >= 0.3 is 0 Å². The zero-order valence-electron chi connectivity index (χ0n) is 9.48. The van der Waals surface area contributed by atoms with Crippen LogP contribution in [0.2, 0.25) is 0 Å². The molecule has 5 nitrogen and oxygen atoms in total. The van der Waals surface area contributed by atoms with E-state index in [-0.39, 0.29) is 11.8 Å². The zero-order valence-corrected chi connectivity index (χ0v) is 9.48. The summed E-state index contributed by atoms with van der Waals surface area (Å²) in [5.74, 6) is -0.609. The average Bonchev–Trinajstić information content (AvgIpc) is 2.70. The number of aromatic nitrogens is 1. The lowest BCUT2D eigenvalue weighted by molar-refractivity contribution is -0.143. The van der Waals surface area contributed by atoms with Gasteiger partial charge in [-0.15, -0.1) is 0 Å². The topological polar surface area (TPSA) is 77.2 Å². The van der Waals surface area contributed by atoms with Crippen molar-refractivity contribution in [3.05, 3.63) is 29.6 Å². The molecule has 0 bridgehead atoms. The van der Waals surface area contributed by atoms with Gasteiger partial charge in [-0.1, -0.05) is 0 Å². The molecule has 2 aliphatic rings. The third-order valence-electron chi connectivity index (χ3n) is 3.77. The molecule has 1 amide bonds. The van der Waals surface area contributed by atoms with Crippen LogP contribution in [-0.2, 0) is 21.7 Å². The average molecular weight is 233 g/mol. The number of nitrogens with two attached hydrogens (primary N) is 1. The fraction of sp³-hybridized carbons (Fsp3) is 0.500. The van der Waals surface area contributed by atoms with E-state index in [4.69, 9.17) is 10.5 Å². The van der Waals surface area contributed by atoms with Crippen molar-refractivity contribution in [2.75, 3.05) is 13.1 Å². The van der Waals surface area contributed by atoms with Crippen LogP contribution in [0.4, 0.5) is 0 Å². The molecule has 90 valence electrons. The molecule has 1 saturated heterocycles. The fourth-order valence-electron chi connectivity index (χ4n) is 2.92. The van der Waals surface area contributed by atoms with Gasteiger partial charge in [0.2, 0.25) is 5.91 Å². The van der Waals surface area contributed by atoms with E-state index >= 15 is 0 Å². The van der Waals surface area contributed by atoms with Gasteiger partial charge in [0, 0.05) is 24.5 Å². The van der Waals surface area contributed by atoms with E-state index in [0.29, 0.717) is 13.2 Å². The second-order valence-corrected chi connectivity index (χ2v) is 4.62. The van der Waals surface area contributed by atoms with E-state index in [9.17, 15) is 4.79 Å². The van der Waals surface area contributed by atoms with Gasteiger partial charge < -0.3 is 15.8 Å². The van der Waals surface area contributed by atoms with Crippen LogP contribution >= 0.6 is 0 Å². The number of nitrogens with zero attached hydrogens (tertiary/aromatic N) is 1. The normalized spacial score (nSPS) is 31.4. The van der Waals surface area contributed by atoms with Crippen molar-refractivity contribution < 1.29 is 9.53 Å². The summed E-state index contributed by atoms with van der Waals surface area (Å²) in [5.41, 5.74) is 7.12. The van der Waals surface area contributed by atoms with Gasteiger partial charge in [-0.3, -0.25) is 9.78 Å². The molecule has 0 aromatic carbocycles. The smallest absolute Gasteiger partial charge is 0.225 e. The Morgan fingerprint density at radius 1 is 1.65 bits per heavy atom. The number of fused-ring (bicyclic) bond motifs is 2. The summed E-state index contributed by atoms with van der Waals surface area (Å²) in [6.07, 6.45) is 4.33. The molecule has 1 fully saturated rings. The number of carbonyl (C=O) groups excluding carboxylic acids is 1. The molecule has 2 aliphatic heterocycles. The molecule has 1 aromatic heterocycles. The number of ether oxygens (including phenoxy) is 1. The molecular weight excluding hydrogens is 218 g/mol. The minimum Gasteiger partial charge on any atom is -0.369 e. The van der Waals surface area contributed by atoms with Gasteiger partial charge in [0.1, 0.15) is 5.60 Å². The van der Waals surface area contributed by atoms with Crippen LogP contribution in [0.1, 0.15) is 17.5 Å². The quantitative estimate of drug-likeness (QED) is 0.710. The van der Waals surface area contributed by atoms with E-state index in [1.165, 1.54) is 0 Å². The Morgan fingerprint density at radius 3 is 3.35 bits per heavy atom. The Bertz CT molecular complexity index is 459. The summed E-state index contributed by atoms with van der Waals surface area (Å²) in [6.45, 7) is 1.94. The number of primary amides is 1. The molecule has 0 aliphatic carbocycles. The number of nitrogens with one attached hydrogen (secondary N) is 1. The third-order valence-corrected chi connectivity index (χ3v) is 3.77. The van der Waals surface area contributed by atoms with Crippen LogP contribution in [0.15, 0.2) is 18.5 Å². The lowest BCUT2D eigenvalue weighted by atomic mass is 9.76. The van der Waals surface area contributed by atoms with E-state index in [0.717, 1.165) is 24.1 Å². The predicted molar refractivity (Wildman–Crippen MR) is 60.9 cm³/mol. The van der Waals surface area contributed by atoms with Crippen molar-refractivity contribution >= 4 is 5.91 Å². The molecule has 2 unspecified atom stereocenters. The van der Waals surface area contributed by atoms with Gasteiger partial charge in [0.15, 0.2) is 0 Å². The lowest BCUT2D eigenvalue weighted by Gasteiger charge is -2.39. The summed E-state index contributed by atoms with van der Waals surface area (Å²) in [6, 6.07) is 1.95. The summed E-state index contributed by atoms with van der Waals surface area (Å²) in [5, 5.41) is 3.20. The van der Waals surface area contributed by atoms with Crippen molar-refractivity contribution in [1.29, 1.82) is 0 Å². The molecular formula is C12H15N3O2. The lowest BCUT2D eigenvalue weighted by Crippen LogP contribution is -2.53. The van der Waals surface area contributed by atoms with Gasteiger partial charge in [0.05, 0.1) is 12.5 Å². The Morgan fingerprint density at radius 2 is 2.53 bits per heavy atom. The first-order valence-corrected chi connectivity index (χ1v) is 5.81. The predicted octanol–water partition coefficient (Wildman–Crippen LogP) is -0.0981. The summed E-state index contributed by atoms with van der Waals surface area (Å²) < 4.78 is 5.94. The van der Waals surface area contributed by atoms with E-state index < -0.39 is 5.60 Å². The van der Waals surface area contributed by atoms with E-state index in [1.54, 1.807) is 6.20 Å². The number of amides is 1. The summed E-state index contributed by atoms with van der Waals surface area (Å²) in [4.78, 5) is 15.7. The van der Waals surface area contributed by atoms with Gasteiger partial charge in [0.25, 0.3) is 0 Å². The maximum atomic E-state index is 11.6. The molecule has 0 radical (unpaired) electrons. The monoisotopic (exact) mass is 233 g/mol. The molecule has 5 heteroatoms. The van der Waals surface area contributed by atoms with Crippen LogP contribution in [0.25, 0.3) is 0 Å². The first-order chi connectivity index (χ1) is 8.24. The maximum Gasteiger partial charge on any atom is 0.225 e. The second kappa shape index (κ2) is 3.78. The van der Waals surface area contributed by atoms with Crippen molar-refractivity contribution in [1.82, 2.24) is 10.3 Å². The first kappa shape index (κ1) is 10.7. The van der Waals surface area contributed by atoms with Crippen molar-refractivity contribution in [2.45, 2.75) is 18.6 Å². The Balaban J connectivity index is 2.08. The summed E-state index contributed by atoms with van der Waals surface area (Å²) >= 11 is 0. The van der Waals surface area contributed by atoms with Crippen LogP contribution in [0, 0.1) is 5.92 Å². The SMILES string of the molecule is NC(=O)C1CNCCC12OCc1cnccc12. The molecule has 3 heterocycles. The van der Waals surface area contributed by atoms with E-state index in [1.807, 2.05) is 12.3 Å². The van der Waals surface area contributed by atoms with Gasteiger partial charge in [-0.25, -0.2) is 0 Å². The number of pyridine rings is 1. The molecule has 1 aromatic rings. The molecule has 3 rings (SSSR count). The zero-order chi connectivity index (χ0) is 11.9. The van der Waals surface area contributed by atoms with Crippen molar-refractivity contribution in [3.8, 4) is 0 Å². The molecule has 1 spiro atoms. The summed E-state index contributed by atoms with van der Waals surface area (Å²) in [7, 11) is 0. The minimum absolute atomic E-state index is 0.304. The highest BCUT2D eigenvalue weighted by atomic mass is 16.5. The Hall–Kier alpha value is -1.46. The minimum atomic E-state index is -0.532. The van der Waals surface area contributed by atoms with Crippen LogP contribution in [0.3, 0.4) is 0 Å². The van der Waals surface area contributed by atoms with Gasteiger partial charge in [-0.05, 0) is 24.6 Å². The Kier molecular flexibility index (Phi) is 2.38. The highest BCUT2D eigenvalue weighted by Crippen LogP contribution is 2.45. The highest BCUT2D eigenvalue weighted by molar-refractivity contribution is 5.79. The number of hydrogen-bond acceptors (Lipinski definition) is 4. The van der Waals surface area contributed by atoms with Crippen molar-refractivity contribution in [2.24, 2.45) is 11.7 Å². The largest absolute Gasteiger partial charge is 0.369 e. The van der Waals surface area contributed by atoms with Crippen LogP contribution in [0.5, 0.6) is 0 Å². The number of rotatable bonds is 1. The Labute approximate surface area is 99.4 Å². The van der Waals surface area contributed by atoms with Gasteiger partial charge in [-0.2, -0.15) is 0 Å². The molecule has 3 N–H and O–H groups in total. The van der Waals surface area contributed by atoms with E-state index in [2.05, 4.69) is 10.3 Å². The number of piperidine rings is 1. The maximum absolute atomic E-state index is 11.6. The fourth-order valence-corrected chi connectivity index (χ4v) is 2.92. The molecule has 17 heavy (non-hydrogen) atoms. The number of carbonyl (C=O) groups is 1. The molecule has 2 atom stereocenters. The third kappa shape index (κ3) is 1.46. The molecule has 0 saturated carbocycles. The van der Waals surface area contributed by atoms with Crippen LogP contribution in [-0.4, -0.2) is 24.0 Å². The second-order valence-electron chi connectivity index (χ2n) is 4.62.